The number of carbonyl (C=O) groups is 1. The van der Waals surface area contributed by atoms with Crippen LogP contribution >= 0.6 is 0 Å². The van der Waals surface area contributed by atoms with E-state index in [-0.39, 0.29) is 11.7 Å². The molecule has 2 rings (SSSR count). The third kappa shape index (κ3) is 3.46. The highest BCUT2D eigenvalue weighted by molar-refractivity contribution is 5.95. The second-order valence-corrected chi connectivity index (χ2v) is 5.23. The summed E-state index contributed by atoms with van der Waals surface area (Å²) >= 11 is 0. The van der Waals surface area contributed by atoms with E-state index in [0.29, 0.717) is 11.7 Å². The van der Waals surface area contributed by atoms with Crippen LogP contribution in [0.5, 0.6) is 5.75 Å². The molecule has 19 heavy (non-hydrogen) atoms. The van der Waals surface area contributed by atoms with E-state index >= 15 is 0 Å². The molecule has 1 amide bonds. The predicted molar refractivity (Wildman–Crippen MR) is 71.6 cm³/mol. The number of benzene rings is 1. The van der Waals surface area contributed by atoms with Crippen molar-refractivity contribution in [3.8, 4) is 5.75 Å². The fourth-order valence-corrected chi connectivity index (χ4v) is 2.70. The maximum absolute atomic E-state index is 13.1. The predicted octanol–water partition coefficient (Wildman–Crippen LogP) is 3.27. The number of halogens is 1. The summed E-state index contributed by atoms with van der Waals surface area (Å²) in [6, 6.07) is 3.90. The van der Waals surface area contributed by atoms with Crippen molar-refractivity contribution in [3.05, 3.63) is 29.6 Å². The molecule has 3 nitrogen and oxygen atoms in total. The molecule has 104 valence electrons. The van der Waals surface area contributed by atoms with Gasteiger partial charge >= 0.3 is 0 Å². The van der Waals surface area contributed by atoms with E-state index < -0.39 is 11.7 Å². The number of nitrogens with two attached hydrogens (primary N) is 1. The molecule has 0 bridgehead atoms. The molecule has 0 heterocycles. The summed E-state index contributed by atoms with van der Waals surface area (Å²) in [6.07, 6.45) is 6.05. The highest BCUT2D eigenvalue weighted by atomic mass is 19.1. The number of primary amides is 1. The first kappa shape index (κ1) is 13.8. The largest absolute Gasteiger partial charge is 0.490 e. The van der Waals surface area contributed by atoms with Gasteiger partial charge < -0.3 is 10.5 Å². The van der Waals surface area contributed by atoms with Crippen molar-refractivity contribution in [2.75, 3.05) is 0 Å². The molecule has 4 heteroatoms. The highest BCUT2D eigenvalue weighted by Crippen LogP contribution is 2.30. The molecule has 1 atom stereocenters. The summed E-state index contributed by atoms with van der Waals surface area (Å²) in [5.41, 5.74) is 5.37. The summed E-state index contributed by atoms with van der Waals surface area (Å²) in [5.74, 6) is -0.261. The van der Waals surface area contributed by atoms with E-state index in [1.807, 2.05) is 6.92 Å². The minimum atomic E-state index is -0.662. The third-order valence-electron chi connectivity index (χ3n) is 3.83. The Morgan fingerprint density at radius 2 is 2.05 bits per heavy atom. The first-order valence-electron chi connectivity index (χ1n) is 6.84. The molecule has 1 unspecified atom stereocenters. The van der Waals surface area contributed by atoms with E-state index in [4.69, 9.17) is 10.5 Å². The number of carbonyl (C=O) groups excluding carboxylic acids is 1. The van der Waals surface area contributed by atoms with Crippen molar-refractivity contribution < 1.29 is 13.9 Å². The lowest BCUT2D eigenvalue weighted by Gasteiger charge is -2.28. The van der Waals surface area contributed by atoms with Gasteiger partial charge in [0, 0.05) is 0 Å². The van der Waals surface area contributed by atoms with Crippen molar-refractivity contribution in [3.63, 3.8) is 0 Å². The number of amides is 1. The molecular weight excluding hydrogens is 245 g/mol. The Morgan fingerprint density at radius 3 is 2.68 bits per heavy atom. The Morgan fingerprint density at radius 1 is 1.37 bits per heavy atom. The van der Waals surface area contributed by atoms with E-state index in [1.165, 1.54) is 31.4 Å². The maximum Gasteiger partial charge on any atom is 0.252 e. The molecule has 1 aliphatic rings. The smallest absolute Gasteiger partial charge is 0.252 e. The van der Waals surface area contributed by atoms with Crippen molar-refractivity contribution in [2.45, 2.75) is 45.1 Å². The Kier molecular flexibility index (Phi) is 4.40. The van der Waals surface area contributed by atoms with Crippen LogP contribution in [0.25, 0.3) is 0 Å². The first-order valence-corrected chi connectivity index (χ1v) is 6.84. The van der Waals surface area contributed by atoms with Gasteiger partial charge in [0.05, 0.1) is 11.7 Å². The second kappa shape index (κ2) is 6.04. The number of hydrogen-bond acceptors (Lipinski definition) is 2. The van der Waals surface area contributed by atoms with Crippen LogP contribution in [0.2, 0.25) is 0 Å². The minimum Gasteiger partial charge on any atom is -0.490 e. The zero-order valence-electron chi connectivity index (χ0n) is 11.2. The Hall–Kier alpha value is -1.58. The molecule has 1 aromatic carbocycles. The Balaban J connectivity index is 2.11. The molecule has 1 fully saturated rings. The number of hydrogen-bond donors (Lipinski definition) is 1. The first-order chi connectivity index (χ1) is 9.08. The van der Waals surface area contributed by atoms with Gasteiger partial charge in [0.15, 0.2) is 0 Å². The van der Waals surface area contributed by atoms with Gasteiger partial charge in [-0.25, -0.2) is 4.39 Å². The van der Waals surface area contributed by atoms with Crippen LogP contribution in [0.3, 0.4) is 0 Å². The van der Waals surface area contributed by atoms with Crippen LogP contribution in [0.15, 0.2) is 18.2 Å². The van der Waals surface area contributed by atoms with E-state index in [1.54, 1.807) is 0 Å². The number of ether oxygens (including phenoxy) is 1. The van der Waals surface area contributed by atoms with Gasteiger partial charge in [-0.15, -0.1) is 0 Å². The SMILES string of the molecule is CC(Oc1ccc(F)cc1C(N)=O)C1CCCCC1. The van der Waals surface area contributed by atoms with E-state index in [0.717, 1.165) is 18.9 Å². The van der Waals surface area contributed by atoms with Crippen LogP contribution in [0, 0.1) is 11.7 Å². The van der Waals surface area contributed by atoms with Gasteiger partial charge in [0.2, 0.25) is 0 Å². The lowest BCUT2D eigenvalue weighted by Crippen LogP contribution is -2.27. The normalized spacial score (nSPS) is 18.0. The van der Waals surface area contributed by atoms with Crippen LogP contribution in [-0.4, -0.2) is 12.0 Å². The monoisotopic (exact) mass is 265 g/mol. The molecule has 0 aliphatic heterocycles. The molecular formula is C15H20FNO2. The summed E-state index contributed by atoms with van der Waals surface area (Å²) in [4.78, 5) is 11.3. The second-order valence-electron chi connectivity index (χ2n) is 5.23. The summed E-state index contributed by atoms with van der Waals surface area (Å²) in [5, 5.41) is 0. The molecule has 1 aliphatic carbocycles. The molecule has 0 aromatic heterocycles. The van der Waals surface area contributed by atoms with Gasteiger partial charge in [-0.2, -0.15) is 0 Å². The van der Waals surface area contributed by atoms with Crippen molar-refractivity contribution in [1.82, 2.24) is 0 Å². The maximum atomic E-state index is 13.1. The van der Waals surface area contributed by atoms with Crippen LogP contribution < -0.4 is 10.5 Å². The van der Waals surface area contributed by atoms with Crippen LogP contribution in [0.4, 0.5) is 4.39 Å². The molecule has 1 aromatic rings. The third-order valence-corrected chi connectivity index (χ3v) is 3.83. The van der Waals surface area contributed by atoms with E-state index in [2.05, 4.69) is 0 Å². The molecule has 1 saturated carbocycles. The van der Waals surface area contributed by atoms with Crippen molar-refractivity contribution in [2.24, 2.45) is 11.7 Å². The summed E-state index contributed by atoms with van der Waals surface area (Å²) < 4.78 is 19.0. The minimum absolute atomic E-state index is 0.0175. The highest BCUT2D eigenvalue weighted by Gasteiger charge is 2.23. The van der Waals surface area contributed by atoms with Gasteiger partial charge in [0.25, 0.3) is 5.91 Å². The molecule has 0 saturated heterocycles. The standard InChI is InChI=1S/C15H20FNO2/c1-10(11-5-3-2-4-6-11)19-14-8-7-12(16)9-13(14)15(17)18/h7-11H,2-6H2,1H3,(H2,17,18). The van der Waals surface area contributed by atoms with Crippen LogP contribution in [0.1, 0.15) is 49.4 Å². The quantitative estimate of drug-likeness (QED) is 0.908. The molecule has 0 spiro atoms. The zero-order chi connectivity index (χ0) is 13.8. The zero-order valence-corrected chi connectivity index (χ0v) is 11.2. The van der Waals surface area contributed by atoms with Gasteiger partial charge in [-0.3, -0.25) is 4.79 Å². The Labute approximate surface area is 112 Å². The van der Waals surface area contributed by atoms with E-state index in [9.17, 15) is 9.18 Å². The lowest BCUT2D eigenvalue weighted by molar-refractivity contribution is 0.0976. The Bertz CT molecular complexity index is 455. The van der Waals surface area contributed by atoms with Gasteiger partial charge in [-0.1, -0.05) is 19.3 Å². The molecule has 2 N–H and O–H groups in total. The van der Waals surface area contributed by atoms with Gasteiger partial charge in [-0.05, 0) is 43.9 Å². The fourth-order valence-electron chi connectivity index (χ4n) is 2.70. The fraction of sp³-hybridized carbons (Fsp3) is 0.533. The topological polar surface area (TPSA) is 52.3 Å². The summed E-state index contributed by atoms with van der Waals surface area (Å²) in [6.45, 7) is 2.00. The van der Waals surface area contributed by atoms with Crippen molar-refractivity contribution >= 4 is 5.91 Å². The average molecular weight is 265 g/mol. The van der Waals surface area contributed by atoms with Crippen molar-refractivity contribution in [1.29, 1.82) is 0 Å². The summed E-state index contributed by atoms with van der Waals surface area (Å²) in [7, 11) is 0. The lowest BCUT2D eigenvalue weighted by atomic mass is 9.86. The number of rotatable bonds is 4. The van der Waals surface area contributed by atoms with Crippen LogP contribution in [-0.2, 0) is 0 Å². The average Bonchev–Trinajstić information content (AvgIpc) is 2.41. The van der Waals surface area contributed by atoms with Gasteiger partial charge in [0.1, 0.15) is 11.6 Å². The molecule has 0 radical (unpaired) electrons.